The van der Waals surface area contributed by atoms with E-state index >= 15 is 0 Å². The molecule has 10 nitrogen and oxygen atoms in total. The summed E-state index contributed by atoms with van der Waals surface area (Å²) < 4.78 is 32.2. The molecule has 0 aromatic rings. The molecule has 2 unspecified atom stereocenters. The molecule has 0 saturated carbocycles. The summed E-state index contributed by atoms with van der Waals surface area (Å²) in [6.07, 6.45) is 26.2. The van der Waals surface area contributed by atoms with Crippen LogP contribution in [0.1, 0.15) is 181 Å². The second kappa shape index (κ2) is 36.8. The number of phosphoric acid groups is 1. The number of rotatable bonds is 36. The van der Waals surface area contributed by atoms with Gasteiger partial charge in [-0.1, -0.05) is 155 Å². The van der Waals surface area contributed by atoms with Crippen molar-refractivity contribution in [3.8, 4) is 0 Å². The van der Waals surface area contributed by atoms with Crippen molar-refractivity contribution in [2.45, 2.75) is 193 Å². The van der Waals surface area contributed by atoms with Gasteiger partial charge in [0, 0.05) is 12.8 Å². The van der Waals surface area contributed by atoms with E-state index in [4.69, 9.17) is 19.1 Å². The molecule has 0 heterocycles. The molecule has 0 amide bonds. The molecule has 3 atom stereocenters. The maximum atomic E-state index is 12.5. The van der Waals surface area contributed by atoms with Crippen LogP contribution in [0, 0.1) is 0 Å². The number of esters is 2. The van der Waals surface area contributed by atoms with E-state index in [1.807, 2.05) is 0 Å². The zero-order valence-electron chi connectivity index (χ0n) is 31.0. The van der Waals surface area contributed by atoms with Crippen LogP contribution < -0.4 is 34.5 Å². The van der Waals surface area contributed by atoms with Crippen molar-refractivity contribution in [3.05, 3.63) is 0 Å². The van der Waals surface area contributed by atoms with E-state index in [1.54, 1.807) is 0 Å². The van der Waals surface area contributed by atoms with Crippen molar-refractivity contribution in [2.24, 2.45) is 0 Å². The fraction of sp³-hybridized carbons (Fsp3) is 0.944. The quantitative estimate of drug-likeness (QED) is 0.0369. The largest absolute Gasteiger partial charge is 1.00 e. The minimum atomic E-state index is -4.85. The Morgan fingerprint density at radius 3 is 1.33 bits per heavy atom. The summed E-state index contributed by atoms with van der Waals surface area (Å²) in [5, 5.41) is 18.2. The first kappa shape index (κ1) is 50.1. The zero-order chi connectivity index (χ0) is 34.9. The molecule has 0 aliphatic carbocycles. The van der Waals surface area contributed by atoms with Gasteiger partial charge in [-0.15, -0.1) is 0 Å². The summed E-state index contributed by atoms with van der Waals surface area (Å²) in [7, 11) is -4.85. The first-order valence-corrected chi connectivity index (χ1v) is 20.4. The summed E-state index contributed by atoms with van der Waals surface area (Å²) in [6, 6.07) is 0. The summed E-state index contributed by atoms with van der Waals surface area (Å²) in [5.41, 5.74) is 0. The maximum absolute atomic E-state index is 12.5. The van der Waals surface area contributed by atoms with E-state index in [1.165, 1.54) is 103 Å². The van der Waals surface area contributed by atoms with Crippen LogP contribution in [-0.2, 0) is 32.7 Å². The predicted octanol–water partition coefficient (Wildman–Crippen LogP) is 5.48. The fourth-order valence-corrected chi connectivity index (χ4v) is 6.06. The topological polar surface area (TPSA) is 152 Å². The van der Waals surface area contributed by atoms with E-state index in [2.05, 4.69) is 18.4 Å². The molecule has 2 N–H and O–H groups in total. The molecule has 48 heavy (non-hydrogen) atoms. The Hall–Kier alpha value is -0.0300. The molecule has 12 heteroatoms. The number of hydrogen-bond acceptors (Lipinski definition) is 10. The van der Waals surface area contributed by atoms with Crippen LogP contribution >= 0.6 is 7.82 Å². The maximum Gasteiger partial charge on any atom is 1.00 e. The number of ether oxygens (including phenoxy) is 2. The second-order valence-electron chi connectivity index (χ2n) is 12.9. The smallest absolute Gasteiger partial charge is 0.756 e. The van der Waals surface area contributed by atoms with Gasteiger partial charge in [0.25, 0.3) is 7.82 Å². The monoisotopic (exact) mass is 716 g/mol. The Bertz CT molecular complexity index is 773. The number of aliphatic hydroxyl groups excluding tert-OH is 2. The number of carbonyl (C=O) groups excluding carboxylic acids is 2. The minimum Gasteiger partial charge on any atom is -0.756 e. The van der Waals surface area contributed by atoms with Crippen molar-refractivity contribution in [1.29, 1.82) is 0 Å². The van der Waals surface area contributed by atoms with Crippen LogP contribution in [0.4, 0.5) is 0 Å². The van der Waals surface area contributed by atoms with Crippen LogP contribution in [-0.4, -0.2) is 60.8 Å². The van der Waals surface area contributed by atoms with Crippen LogP contribution in [0.25, 0.3) is 0 Å². The third-order valence-electron chi connectivity index (χ3n) is 8.25. The number of aliphatic hydroxyl groups is 2. The van der Waals surface area contributed by atoms with Gasteiger partial charge in [-0.05, 0) is 12.8 Å². The average Bonchev–Trinajstić information content (AvgIpc) is 3.05. The van der Waals surface area contributed by atoms with E-state index < -0.39 is 51.8 Å². The first-order valence-electron chi connectivity index (χ1n) is 19.0. The van der Waals surface area contributed by atoms with E-state index in [9.17, 15) is 24.2 Å². The van der Waals surface area contributed by atoms with Crippen molar-refractivity contribution in [3.63, 3.8) is 0 Å². The molecule has 0 rings (SSSR count). The molecule has 0 aromatic heterocycles. The molecule has 280 valence electrons. The van der Waals surface area contributed by atoms with Crippen molar-refractivity contribution in [1.82, 2.24) is 0 Å². The van der Waals surface area contributed by atoms with Crippen molar-refractivity contribution in [2.75, 3.05) is 26.4 Å². The average molecular weight is 717 g/mol. The Morgan fingerprint density at radius 2 is 0.938 bits per heavy atom. The number of phosphoric ester groups is 1. The normalized spacial score (nSPS) is 13.8. The second-order valence-corrected chi connectivity index (χ2v) is 14.4. The van der Waals surface area contributed by atoms with Crippen molar-refractivity contribution >= 4 is 19.8 Å². The van der Waals surface area contributed by atoms with Gasteiger partial charge < -0.3 is 33.6 Å². The van der Waals surface area contributed by atoms with Gasteiger partial charge in [0.1, 0.15) is 12.7 Å². The predicted molar refractivity (Wildman–Crippen MR) is 185 cm³/mol. The third-order valence-corrected chi connectivity index (χ3v) is 9.18. The molecule has 0 saturated heterocycles. The number of carbonyl (C=O) groups is 2. The molecule has 0 aromatic carbocycles. The number of unbranched alkanes of at least 4 members (excludes halogenated alkanes) is 22. The van der Waals surface area contributed by atoms with E-state index in [-0.39, 0.29) is 49.0 Å². The van der Waals surface area contributed by atoms with Gasteiger partial charge in [0.2, 0.25) is 0 Å². The van der Waals surface area contributed by atoms with Crippen molar-refractivity contribution < 1.29 is 77.3 Å². The van der Waals surface area contributed by atoms with Crippen LogP contribution in [0.5, 0.6) is 0 Å². The molecule has 0 radical (unpaired) electrons. The van der Waals surface area contributed by atoms with Crippen LogP contribution in [0.2, 0.25) is 0 Å². The Morgan fingerprint density at radius 1 is 0.583 bits per heavy atom. The van der Waals surface area contributed by atoms with Gasteiger partial charge in [-0.3, -0.25) is 14.2 Å². The molecular weight excluding hydrogens is 646 g/mol. The Labute approximate surface area is 315 Å². The summed E-state index contributed by atoms with van der Waals surface area (Å²) in [6.45, 7) is 2.19. The molecular formula is C36H70NaO10P. The molecule has 0 fully saturated rings. The van der Waals surface area contributed by atoms with Gasteiger partial charge in [-0.25, -0.2) is 0 Å². The molecule has 0 aliphatic rings. The number of hydrogen-bond donors (Lipinski definition) is 2. The zero-order valence-corrected chi connectivity index (χ0v) is 33.9. The summed E-state index contributed by atoms with van der Waals surface area (Å²) >= 11 is 0. The van der Waals surface area contributed by atoms with Gasteiger partial charge in [-0.2, -0.15) is 0 Å². The molecule has 0 aliphatic heterocycles. The molecule has 0 spiro atoms. The standard InChI is InChI=1S/C36H71O10P.Na/c1-3-5-7-9-11-13-15-17-19-21-23-25-27-35(39)43-31-34(32-45-47(41,42)44-30-33(38)29-37)46-36(40)28-26-24-22-20-18-16-14-12-10-8-6-4-2;/h33-34,37-38H,3-32H2,1-2H3,(H,41,42);/q;+1/p-1/t33?,34-;/m1./s1. The first-order chi connectivity index (χ1) is 22.7. The van der Waals surface area contributed by atoms with E-state index in [0.717, 1.165) is 38.5 Å². The molecule has 0 bridgehead atoms. The summed E-state index contributed by atoms with van der Waals surface area (Å²) in [4.78, 5) is 36.9. The van der Waals surface area contributed by atoms with E-state index in [0.29, 0.717) is 12.8 Å². The van der Waals surface area contributed by atoms with Gasteiger partial charge in [0.15, 0.2) is 6.10 Å². The fourth-order valence-electron chi connectivity index (χ4n) is 5.28. The Kier molecular flexibility index (Phi) is 38.3. The summed E-state index contributed by atoms with van der Waals surface area (Å²) in [5.74, 6) is -0.952. The third kappa shape index (κ3) is 35.8. The SMILES string of the molecule is CCCCCCCCCCCCCCC(=O)OC[C@H](COP(=O)([O-])OCC(O)CO)OC(=O)CCCCCCCCCCCCCC.[Na+]. The Balaban J connectivity index is 0. The van der Waals surface area contributed by atoms with Gasteiger partial charge >= 0.3 is 41.5 Å². The van der Waals surface area contributed by atoms with Gasteiger partial charge in [0.05, 0.1) is 19.8 Å². The van der Waals surface area contributed by atoms with Crippen LogP contribution in [0.15, 0.2) is 0 Å². The minimum absolute atomic E-state index is 0. The van der Waals surface area contributed by atoms with Crippen LogP contribution in [0.3, 0.4) is 0 Å².